The number of rotatable bonds is 4. The van der Waals surface area contributed by atoms with E-state index in [-0.39, 0.29) is 17.2 Å². The minimum absolute atomic E-state index is 0.137. The van der Waals surface area contributed by atoms with Crippen LogP contribution in [-0.2, 0) is 0 Å². The van der Waals surface area contributed by atoms with E-state index in [2.05, 4.69) is 15.9 Å². The fraction of sp³-hybridized carbons (Fsp3) is 0.0714. The highest BCUT2D eigenvalue weighted by Crippen LogP contribution is 2.36. The Balaban J connectivity index is 2.52. The molecule has 20 heavy (non-hydrogen) atoms. The maximum absolute atomic E-state index is 11.0. The molecule has 0 heterocycles. The summed E-state index contributed by atoms with van der Waals surface area (Å²) in [7, 11) is 0. The van der Waals surface area contributed by atoms with Crippen LogP contribution in [0.1, 0.15) is 15.9 Å². The average molecular weight is 336 g/mol. The van der Waals surface area contributed by atoms with Gasteiger partial charge in [0.05, 0.1) is 10.5 Å². The largest absolute Gasteiger partial charge is 0.449 e. The highest BCUT2D eigenvalue weighted by atomic mass is 79.9. The Morgan fingerprint density at radius 3 is 2.70 bits per heavy atom. The van der Waals surface area contributed by atoms with Gasteiger partial charge in [-0.3, -0.25) is 14.9 Å². The van der Waals surface area contributed by atoms with Crippen molar-refractivity contribution in [2.45, 2.75) is 6.92 Å². The van der Waals surface area contributed by atoms with Crippen LogP contribution in [0.3, 0.4) is 0 Å². The Morgan fingerprint density at radius 2 is 2.05 bits per heavy atom. The third-order valence-electron chi connectivity index (χ3n) is 2.70. The van der Waals surface area contributed by atoms with E-state index >= 15 is 0 Å². The highest BCUT2D eigenvalue weighted by Gasteiger charge is 2.19. The zero-order valence-electron chi connectivity index (χ0n) is 10.5. The zero-order chi connectivity index (χ0) is 14.7. The summed E-state index contributed by atoms with van der Waals surface area (Å²) in [4.78, 5) is 21.5. The molecule has 0 bridgehead atoms. The van der Waals surface area contributed by atoms with Crippen LogP contribution >= 0.6 is 15.9 Å². The van der Waals surface area contributed by atoms with E-state index < -0.39 is 4.92 Å². The second-order valence-electron chi connectivity index (χ2n) is 4.08. The van der Waals surface area contributed by atoms with Crippen LogP contribution in [0.25, 0.3) is 0 Å². The lowest BCUT2D eigenvalue weighted by molar-refractivity contribution is -0.385. The van der Waals surface area contributed by atoms with Gasteiger partial charge >= 0.3 is 5.69 Å². The van der Waals surface area contributed by atoms with Gasteiger partial charge in [-0.25, -0.2) is 0 Å². The molecule has 0 saturated heterocycles. The van der Waals surface area contributed by atoms with Crippen LogP contribution in [0.5, 0.6) is 11.5 Å². The van der Waals surface area contributed by atoms with Crippen molar-refractivity contribution in [1.82, 2.24) is 0 Å². The van der Waals surface area contributed by atoms with Gasteiger partial charge in [0.2, 0.25) is 5.75 Å². The standard InChI is InChI=1S/C14H10BrNO4/c1-9-3-2-4-12(16(18)19)14(9)20-13-7-11(15)6-5-10(13)8-17/h2-8H,1H3. The number of aryl methyl sites for hydroxylation is 1. The summed E-state index contributed by atoms with van der Waals surface area (Å²) in [5.74, 6) is 0.408. The van der Waals surface area contributed by atoms with E-state index in [4.69, 9.17) is 4.74 Å². The minimum atomic E-state index is -0.513. The van der Waals surface area contributed by atoms with Crippen molar-refractivity contribution in [2.75, 3.05) is 0 Å². The molecule has 0 atom stereocenters. The average Bonchev–Trinajstić information content (AvgIpc) is 2.41. The van der Waals surface area contributed by atoms with E-state index in [0.29, 0.717) is 21.9 Å². The first kappa shape index (κ1) is 14.2. The van der Waals surface area contributed by atoms with Crippen molar-refractivity contribution >= 4 is 27.9 Å². The maximum atomic E-state index is 11.0. The molecule has 5 nitrogen and oxygen atoms in total. The predicted molar refractivity (Wildman–Crippen MR) is 77.4 cm³/mol. The van der Waals surface area contributed by atoms with Gasteiger partial charge < -0.3 is 4.74 Å². The van der Waals surface area contributed by atoms with Crippen molar-refractivity contribution in [3.05, 3.63) is 62.1 Å². The SMILES string of the molecule is Cc1cccc([N+](=O)[O-])c1Oc1cc(Br)ccc1C=O. The van der Waals surface area contributed by atoms with Gasteiger partial charge in [0.25, 0.3) is 0 Å². The van der Waals surface area contributed by atoms with Gasteiger partial charge in [-0.05, 0) is 30.7 Å². The molecule has 102 valence electrons. The van der Waals surface area contributed by atoms with Crippen LogP contribution in [0.2, 0.25) is 0 Å². The maximum Gasteiger partial charge on any atom is 0.311 e. The Labute approximate surface area is 123 Å². The molecule has 0 aliphatic carbocycles. The van der Waals surface area contributed by atoms with Crippen molar-refractivity contribution in [2.24, 2.45) is 0 Å². The molecule has 0 spiro atoms. The molecule has 0 amide bonds. The van der Waals surface area contributed by atoms with Gasteiger partial charge in [0.15, 0.2) is 6.29 Å². The Morgan fingerprint density at radius 1 is 1.30 bits per heavy atom. The molecule has 0 saturated carbocycles. The molecule has 2 aromatic rings. The topological polar surface area (TPSA) is 69.4 Å². The van der Waals surface area contributed by atoms with E-state index in [1.165, 1.54) is 6.07 Å². The summed E-state index contributed by atoms with van der Waals surface area (Å²) < 4.78 is 6.32. The Hall–Kier alpha value is -2.21. The van der Waals surface area contributed by atoms with E-state index in [1.54, 1.807) is 37.3 Å². The number of aldehydes is 1. The molecule has 2 rings (SSSR count). The number of carbonyl (C=O) groups excluding carboxylic acids is 1. The summed E-state index contributed by atoms with van der Waals surface area (Å²) in [5.41, 5.74) is 0.809. The second kappa shape index (κ2) is 5.83. The van der Waals surface area contributed by atoms with Gasteiger partial charge in [-0.1, -0.05) is 28.1 Å². The number of nitro benzene ring substituents is 1. The third-order valence-corrected chi connectivity index (χ3v) is 3.20. The zero-order valence-corrected chi connectivity index (χ0v) is 12.1. The summed E-state index contributed by atoms with van der Waals surface area (Å²) in [6.45, 7) is 1.71. The van der Waals surface area contributed by atoms with Crippen molar-refractivity contribution in [1.29, 1.82) is 0 Å². The number of carbonyl (C=O) groups is 1. The molecular formula is C14H10BrNO4. The molecule has 2 aromatic carbocycles. The first-order valence-electron chi connectivity index (χ1n) is 5.69. The van der Waals surface area contributed by atoms with E-state index in [1.807, 2.05) is 0 Å². The highest BCUT2D eigenvalue weighted by molar-refractivity contribution is 9.10. The number of ether oxygens (including phenoxy) is 1. The quantitative estimate of drug-likeness (QED) is 0.475. The number of benzene rings is 2. The van der Waals surface area contributed by atoms with Gasteiger partial charge in [0, 0.05) is 10.5 Å². The lowest BCUT2D eigenvalue weighted by atomic mass is 10.2. The van der Waals surface area contributed by atoms with E-state index in [0.717, 1.165) is 0 Å². The fourth-order valence-corrected chi connectivity index (χ4v) is 2.06. The first-order chi connectivity index (χ1) is 9.52. The molecule has 0 aliphatic rings. The summed E-state index contributed by atoms with van der Waals surface area (Å²) in [6.07, 6.45) is 0.645. The van der Waals surface area contributed by atoms with Crippen molar-refractivity contribution in [3.63, 3.8) is 0 Å². The molecule has 0 radical (unpaired) electrons. The number of para-hydroxylation sites is 1. The van der Waals surface area contributed by atoms with Gasteiger partial charge in [0.1, 0.15) is 5.75 Å². The van der Waals surface area contributed by atoms with Crippen LogP contribution < -0.4 is 4.74 Å². The number of nitro groups is 1. The Bertz CT molecular complexity index is 685. The molecule has 0 N–H and O–H groups in total. The van der Waals surface area contributed by atoms with Crippen molar-refractivity contribution in [3.8, 4) is 11.5 Å². The predicted octanol–water partition coefficient (Wildman–Crippen LogP) is 4.27. The molecule has 0 unspecified atom stereocenters. The van der Waals surface area contributed by atoms with Crippen molar-refractivity contribution < 1.29 is 14.5 Å². The monoisotopic (exact) mass is 335 g/mol. The molecule has 6 heteroatoms. The molecule has 0 aliphatic heterocycles. The minimum Gasteiger partial charge on any atom is -0.449 e. The lowest BCUT2D eigenvalue weighted by Crippen LogP contribution is -1.97. The Kier molecular flexibility index (Phi) is 4.14. The molecule has 0 aromatic heterocycles. The smallest absolute Gasteiger partial charge is 0.311 e. The van der Waals surface area contributed by atoms with Crippen LogP contribution in [0, 0.1) is 17.0 Å². The van der Waals surface area contributed by atoms with Gasteiger partial charge in [-0.2, -0.15) is 0 Å². The van der Waals surface area contributed by atoms with Crippen LogP contribution in [-0.4, -0.2) is 11.2 Å². The van der Waals surface area contributed by atoms with Crippen LogP contribution in [0.15, 0.2) is 40.9 Å². The first-order valence-corrected chi connectivity index (χ1v) is 6.49. The lowest BCUT2D eigenvalue weighted by Gasteiger charge is -2.11. The second-order valence-corrected chi connectivity index (χ2v) is 5.00. The molecular weight excluding hydrogens is 326 g/mol. The number of hydrogen-bond donors (Lipinski definition) is 0. The summed E-state index contributed by atoms with van der Waals surface area (Å²) in [5, 5.41) is 11.0. The molecule has 0 fully saturated rings. The van der Waals surface area contributed by atoms with E-state index in [9.17, 15) is 14.9 Å². The summed E-state index contributed by atoms with van der Waals surface area (Å²) >= 11 is 3.28. The summed E-state index contributed by atoms with van der Waals surface area (Å²) in [6, 6.07) is 9.53. The third kappa shape index (κ3) is 2.85. The normalized spacial score (nSPS) is 10.1. The fourth-order valence-electron chi connectivity index (χ4n) is 1.72. The van der Waals surface area contributed by atoms with Gasteiger partial charge in [-0.15, -0.1) is 0 Å². The number of hydrogen-bond acceptors (Lipinski definition) is 4. The number of halogens is 1. The van der Waals surface area contributed by atoms with Crippen LogP contribution in [0.4, 0.5) is 5.69 Å². The number of nitrogens with zero attached hydrogens (tertiary/aromatic N) is 1.